The maximum Gasteiger partial charge on any atom is 0.234 e. The molecule has 2 unspecified atom stereocenters. The summed E-state index contributed by atoms with van der Waals surface area (Å²) < 4.78 is 0. The summed E-state index contributed by atoms with van der Waals surface area (Å²) in [7, 11) is 0. The van der Waals surface area contributed by atoms with Gasteiger partial charge >= 0.3 is 0 Å². The fourth-order valence-electron chi connectivity index (χ4n) is 2.58. The highest BCUT2D eigenvalue weighted by Crippen LogP contribution is 2.39. The standard InChI is InChI=1S/C15H14N2O2S/c1-9-8-20-15(16-9)11-7-12(18)17-14(19)13(11)10-5-3-2-4-6-10/h2-6,8,11,13H,7H2,1H3,(H,17,18,19). The van der Waals surface area contributed by atoms with Gasteiger partial charge in [-0.2, -0.15) is 0 Å². The zero-order valence-corrected chi connectivity index (χ0v) is 11.8. The highest BCUT2D eigenvalue weighted by atomic mass is 32.1. The Bertz CT molecular complexity index is 651. The van der Waals surface area contributed by atoms with E-state index >= 15 is 0 Å². The molecular weight excluding hydrogens is 272 g/mol. The number of piperidine rings is 1. The molecule has 2 heterocycles. The Morgan fingerprint density at radius 3 is 2.65 bits per heavy atom. The number of nitrogens with zero attached hydrogens (tertiary/aromatic N) is 1. The molecule has 1 fully saturated rings. The van der Waals surface area contributed by atoms with Crippen molar-refractivity contribution in [3.63, 3.8) is 0 Å². The molecule has 20 heavy (non-hydrogen) atoms. The van der Waals surface area contributed by atoms with E-state index in [1.165, 1.54) is 11.3 Å². The Labute approximate surface area is 120 Å². The lowest BCUT2D eigenvalue weighted by atomic mass is 9.81. The Hall–Kier alpha value is -2.01. The van der Waals surface area contributed by atoms with E-state index in [-0.39, 0.29) is 23.7 Å². The van der Waals surface area contributed by atoms with Crippen molar-refractivity contribution < 1.29 is 9.59 Å². The van der Waals surface area contributed by atoms with Gasteiger partial charge < -0.3 is 0 Å². The molecule has 102 valence electrons. The average Bonchev–Trinajstić information content (AvgIpc) is 2.85. The van der Waals surface area contributed by atoms with Crippen LogP contribution in [0.1, 0.15) is 34.5 Å². The van der Waals surface area contributed by atoms with Crippen LogP contribution in [0.5, 0.6) is 0 Å². The monoisotopic (exact) mass is 286 g/mol. The number of carbonyl (C=O) groups is 2. The third-order valence-electron chi connectivity index (χ3n) is 3.47. The van der Waals surface area contributed by atoms with Gasteiger partial charge in [-0.05, 0) is 12.5 Å². The van der Waals surface area contributed by atoms with Crippen LogP contribution in [0.3, 0.4) is 0 Å². The predicted molar refractivity (Wildman–Crippen MR) is 76.5 cm³/mol. The third-order valence-corrected chi connectivity index (χ3v) is 4.56. The first-order chi connectivity index (χ1) is 9.65. The number of hydrogen-bond acceptors (Lipinski definition) is 4. The van der Waals surface area contributed by atoms with Crippen LogP contribution in [0.15, 0.2) is 35.7 Å². The molecule has 2 aromatic rings. The molecule has 0 spiro atoms. The number of rotatable bonds is 2. The second kappa shape index (κ2) is 5.17. The molecule has 0 bridgehead atoms. The number of imide groups is 1. The SMILES string of the molecule is Cc1csc(C2CC(=O)NC(=O)C2c2ccccc2)n1. The van der Waals surface area contributed by atoms with Crippen molar-refractivity contribution >= 4 is 23.2 Å². The number of amides is 2. The topological polar surface area (TPSA) is 59.1 Å². The molecule has 1 aromatic carbocycles. The van der Waals surface area contributed by atoms with E-state index in [9.17, 15) is 9.59 Å². The van der Waals surface area contributed by atoms with Crippen molar-refractivity contribution in [2.24, 2.45) is 0 Å². The van der Waals surface area contributed by atoms with Crippen LogP contribution >= 0.6 is 11.3 Å². The van der Waals surface area contributed by atoms with Gasteiger partial charge in [0, 0.05) is 23.4 Å². The molecule has 4 nitrogen and oxygen atoms in total. The minimum absolute atomic E-state index is 0.169. The van der Waals surface area contributed by atoms with Crippen LogP contribution in [-0.4, -0.2) is 16.8 Å². The first-order valence-electron chi connectivity index (χ1n) is 6.46. The Balaban J connectivity index is 2.03. The first kappa shape index (κ1) is 13.0. The van der Waals surface area contributed by atoms with Gasteiger partial charge in [0.2, 0.25) is 11.8 Å². The Morgan fingerprint density at radius 2 is 2.00 bits per heavy atom. The molecule has 2 atom stereocenters. The van der Waals surface area contributed by atoms with E-state index < -0.39 is 0 Å². The highest BCUT2D eigenvalue weighted by molar-refractivity contribution is 7.09. The molecule has 1 aliphatic heterocycles. The van der Waals surface area contributed by atoms with Crippen LogP contribution in [0.4, 0.5) is 0 Å². The molecule has 3 rings (SSSR count). The second-order valence-corrected chi connectivity index (χ2v) is 5.83. The predicted octanol–water partition coefficient (Wildman–Crippen LogP) is 2.37. The quantitative estimate of drug-likeness (QED) is 0.862. The zero-order chi connectivity index (χ0) is 14.1. The van der Waals surface area contributed by atoms with Crippen molar-refractivity contribution in [3.8, 4) is 0 Å². The maximum atomic E-state index is 12.2. The molecule has 5 heteroatoms. The summed E-state index contributed by atoms with van der Waals surface area (Å²) in [5.41, 5.74) is 1.85. The smallest absolute Gasteiger partial charge is 0.234 e. The highest BCUT2D eigenvalue weighted by Gasteiger charge is 2.39. The fraction of sp³-hybridized carbons (Fsp3) is 0.267. The van der Waals surface area contributed by atoms with Crippen LogP contribution in [0.2, 0.25) is 0 Å². The van der Waals surface area contributed by atoms with Crippen LogP contribution < -0.4 is 5.32 Å². The van der Waals surface area contributed by atoms with Crippen molar-refractivity contribution in [3.05, 3.63) is 52.0 Å². The number of hydrogen-bond donors (Lipinski definition) is 1. The fourth-order valence-corrected chi connectivity index (χ4v) is 3.52. The van der Waals surface area contributed by atoms with Crippen molar-refractivity contribution in [2.75, 3.05) is 0 Å². The lowest BCUT2D eigenvalue weighted by molar-refractivity contribution is -0.135. The molecule has 0 saturated carbocycles. The summed E-state index contributed by atoms with van der Waals surface area (Å²) in [4.78, 5) is 28.4. The number of carbonyl (C=O) groups excluding carboxylic acids is 2. The molecule has 1 N–H and O–H groups in total. The minimum Gasteiger partial charge on any atom is -0.296 e. The van der Waals surface area contributed by atoms with Crippen molar-refractivity contribution in [1.82, 2.24) is 10.3 Å². The summed E-state index contributed by atoms with van der Waals surface area (Å²) in [5.74, 6) is -0.970. The van der Waals surface area contributed by atoms with Crippen molar-refractivity contribution in [1.29, 1.82) is 0 Å². The van der Waals surface area contributed by atoms with Crippen molar-refractivity contribution in [2.45, 2.75) is 25.2 Å². The Morgan fingerprint density at radius 1 is 1.25 bits per heavy atom. The van der Waals surface area contributed by atoms with Gasteiger partial charge in [0.15, 0.2) is 0 Å². The molecule has 2 amide bonds. The number of benzene rings is 1. The second-order valence-electron chi connectivity index (χ2n) is 4.94. The number of nitrogens with one attached hydrogen (secondary N) is 1. The third kappa shape index (κ3) is 2.36. The van der Waals surface area contributed by atoms with E-state index in [1.807, 2.05) is 42.6 Å². The van der Waals surface area contributed by atoms with Crippen LogP contribution in [0.25, 0.3) is 0 Å². The van der Waals surface area contributed by atoms with Gasteiger partial charge in [0.1, 0.15) is 0 Å². The van der Waals surface area contributed by atoms with Crippen LogP contribution in [0, 0.1) is 6.92 Å². The number of thiazole rings is 1. The summed E-state index contributed by atoms with van der Waals surface area (Å²) in [6, 6.07) is 9.57. The lowest BCUT2D eigenvalue weighted by Crippen LogP contribution is -2.43. The molecule has 1 aromatic heterocycles. The van der Waals surface area contributed by atoms with E-state index in [4.69, 9.17) is 0 Å². The van der Waals surface area contributed by atoms with E-state index in [2.05, 4.69) is 10.3 Å². The normalized spacial score (nSPS) is 22.6. The Kier molecular flexibility index (Phi) is 3.36. The van der Waals surface area contributed by atoms with Gasteiger partial charge in [-0.15, -0.1) is 11.3 Å². The van der Waals surface area contributed by atoms with Gasteiger partial charge in [-0.1, -0.05) is 30.3 Å². The molecule has 1 aliphatic rings. The molecule has 0 aliphatic carbocycles. The van der Waals surface area contributed by atoms with Crippen LogP contribution in [-0.2, 0) is 9.59 Å². The largest absolute Gasteiger partial charge is 0.296 e. The minimum atomic E-state index is -0.348. The molecule has 1 saturated heterocycles. The summed E-state index contributed by atoms with van der Waals surface area (Å²) >= 11 is 1.52. The summed E-state index contributed by atoms with van der Waals surface area (Å²) in [6.45, 7) is 1.92. The van der Waals surface area contributed by atoms with Gasteiger partial charge in [0.25, 0.3) is 0 Å². The van der Waals surface area contributed by atoms with Gasteiger partial charge in [0.05, 0.1) is 10.9 Å². The lowest BCUT2D eigenvalue weighted by Gasteiger charge is -2.29. The van der Waals surface area contributed by atoms with E-state index in [1.54, 1.807) is 0 Å². The van der Waals surface area contributed by atoms with Gasteiger partial charge in [-0.3, -0.25) is 14.9 Å². The number of aromatic nitrogens is 1. The van der Waals surface area contributed by atoms with E-state index in [0.717, 1.165) is 16.3 Å². The van der Waals surface area contributed by atoms with Gasteiger partial charge in [-0.25, -0.2) is 4.98 Å². The number of aryl methyl sites for hydroxylation is 1. The van der Waals surface area contributed by atoms with E-state index in [0.29, 0.717) is 6.42 Å². The maximum absolute atomic E-state index is 12.2. The molecular formula is C15H14N2O2S. The summed E-state index contributed by atoms with van der Waals surface area (Å²) in [5, 5.41) is 5.25. The average molecular weight is 286 g/mol. The summed E-state index contributed by atoms with van der Waals surface area (Å²) in [6.07, 6.45) is 0.304. The zero-order valence-electron chi connectivity index (χ0n) is 11.0. The molecule has 0 radical (unpaired) electrons. The first-order valence-corrected chi connectivity index (χ1v) is 7.34.